The van der Waals surface area contributed by atoms with Crippen LogP contribution in [0.25, 0.3) is 0 Å². The summed E-state index contributed by atoms with van der Waals surface area (Å²) in [6, 6.07) is 3.96. The van der Waals surface area contributed by atoms with E-state index in [1.807, 2.05) is 12.3 Å². The number of amides is 1. The fourth-order valence-corrected chi connectivity index (χ4v) is 2.30. The van der Waals surface area contributed by atoms with Crippen molar-refractivity contribution in [2.45, 2.75) is 13.5 Å². The number of hydrogen-bond donors (Lipinski definition) is 2. The molecule has 0 atom stereocenters. The number of benzene rings is 1. The first-order chi connectivity index (χ1) is 9.47. The predicted molar refractivity (Wildman–Crippen MR) is 75.5 cm³/mol. The molecule has 0 radical (unpaired) electrons. The van der Waals surface area contributed by atoms with Crippen LogP contribution in [0.4, 0.5) is 11.4 Å². The zero-order chi connectivity index (χ0) is 14.7. The van der Waals surface area contributed by atoms with E-state index in [1.165, 1.54) is 23.5 Å². The zero-order valence-electron chi connectivity index (χ0n) is 10.6. The number of nitrogens with one attached hydrogen (secondary N) is 1. The molecule has 0 spiro atoms. The van der Waals surface area contributed by atoms with Gasteiger partial charge in [-0.15, -0.1) is 11.3 Å². The lowest BCUT2D eigenvalue weighted by Gasteiger charge is -2.04. The number of nitro benzene ring substituents is 1. The van der Waals surface area contributed by atoms with Crippen molar-refractivity contribution in [1.29, 1.82) is 0 Å². The van der Waals surface area contributed by atoms with Gasteiger partial charge in [0.1, 0.15) is 10.7 Å². The van der Waals surface area contributed by atoms with E-state index in [9.17, 15) is 14.9 Å². The molecule has 0 fully saturated rings. The molecule has 20 heavy (non-hydrogen) atoms. The number of carbonyl (C=O) groups excluding carboxylic acids is 1. The normalized spacial score (nSPS) is 10.2. The van der Waals surface area contributed by atoms with Gasteiger partial charge in [-0.05, 0) is 19.1 Å². The number of nitro groups is 1. The number of aromatic nitrogens is 1. The van der Waals surface area contributed by atoms with Crippen molar-refractivity contribution in [3.63, 3.8) is 0 Å². The molecule has 7 nitrogen and oxygen atoms in total. The first-order valence-corrected chi connectivity index (χ1v) is 6.58. The summed E-state index contributed by atoms with van der Waals surface area (Å²) in [7, 11) is 0. The molecule has 2 rings (SSSR count). The molecule has 1 amide bonds. The van der Waals surface area contributed by atoms with Gasteiger partial charge in [-0.3, -0.25) is 14.9 Å². The number of anilines is 1. The highest BCUT2D eigenvalue weighted by atomic mass is 32.1. The van der Waals surface area contributed by atoms with E-state index in [0.717, 1.165) is 16.8 Å². The fraction of sp³-hybridized carbons (Fsp3) is 0.167. The number of nitrogen functional groups attached to an aromatic ring is 1. The molecule has 0 aliphatic carbocycles. The number of nitrogens with zero attached hydrogens (tertiary/aromatic N) is 2. The lowest BCUT2D eigenvalue weighted by Crippen LogP contribution is -2.22. The number of aryl methyl sites for hydroxylation is 1. The largest absolute Gasteiger partial charge is 0.393 e. The van der Waals surface area contributed by atoms with Gasteiger partial charge in [0.15, 0.2) is 0 Å². The lowest BCUT2D eigenvalue weighted by atomic mass is 10.1. The van der Waals surface area contributed by atoms with Crippen molar-refractivity contribution in [2.75, 3.05) is 5.73 Å². The van der Waals surface area contributed by atoms with E-state index in [2.05, 4.69) is 10.3 Å². The molecule has 8 heteroatoms. The average Bonchev–Trinajstić information content (AvgIpc) is 2.82. The van der Waals surface area contributed by atoms with Crippen LogP contribution in [0, 0.1) is 17.0 Å². The van der Waals surface area contributed by atoms with Crippen LogP contribution >= 0.6 is 11.3 Å². The Labute approximate surface area is 118 Å². The molecule has 1 heterocycles. The maximum atomic E-state index is 11.9. The Kier molecular flexibility index (Phi) is 3.94. The maximum Gasteiger partial charge on any atom is 0.292 e. The summed E-state index contributed by atoms with van der Waals surface area (Å²) in [6.45, 7) is 2.15. The van der Waals surface area contributed by atoms with Crippen molar-refractivity contribution in [3.8, 4) is 0 Å². The summed E-state index contributed by atoms with van der Waals surface area (Å²) < 4.78 is 0. The summed E-state index contributed by atoms with van der Waals surface area (Å²) in [5.41, 5.74) is 6.32. The Morgan fingerprint density at radius 3 is 2.90 bits per heavy atom. The number of rotatable bonds is 4. The van der Waals surface area contributed by atoms with Gasteiger partial charge in [0, 0.05) is 22.7 Å². The van der Waals surface area contributed by atoms with Gasteiger partial charge in [-0.25, -0.2) is 4.98 Å². The summed E-state index contributed by atoms with van der Waals surface area (Å²) in [6.07, 6.45) is 0. The van der Waals surface area contributed by atoms with Gasteiger partial charge in [0.2, 0.25) is 0 Å². The standard InChI is InChI=1S/C12H12N4O3S/c1-7-6-20-11(15-7)5-14-12(17)8-2-3-9(13)10(4-8)16(18)19/h2-4,6H,5,13H2,1H3,(H,14,17). The molecule has 1 aromatic heterocycles. The molecule has 1 aromatic carbocycles. The van der Waals surface area contributed by atoms with E-state index in [1.54, 1.807) is 0 Å². The van der Waals surface area contributed by atoms with Crippen LogP contribution in [0.1, 0.15) is 21.1 Å². The average molecular weight is 292 g/mol. The molecular formula is C12H12N4O3S. The predicted octanol–water partition coefficient (Wildman–Crippen LogP) is 1.87. The summed E-state index contributed by atoms with van der Waals surface area (Å²) in [4.78, 5) is 26.3. The first-order valence-electron chi connectivity index (χ1n) is 5.70. The number of thiazole rings is 1. The third-order valence-corrected chi connectivity index (χ3v) is 3.52. The van der Waals surface area contributed by atoms with E-state index >= 15 is 0 Å². The third kappa shape index (κ3) is 3.09. The second-order valence-electron chi connectivity index (χ2n) is 4.10. The molecule has 3 N–H and O–H groups in total. The maximum absolute atomic E-state index is 11.9. The van der Waals surface area contributed by atoms with Crippen LogP contribution in [0.5, 0.6) is 0 Å². The van der Waals surface area contributed by atoms with Crippen LogP contribution < -0.4 is 11.1 Å². The minimum Gasteiger partial charge on any atom is -0.393 e. The molecule has 0 aliphatic rings. The molecule has 2 aromatic rings. The van der Waals surface area contributed by atoms with Crippen LogP contribution in [0.15, 0.2) is 23.6 Å². The van der Waals surface area contributed by atoms with E-state index < -0.39 is 10.8 Å². The highest BCUT2D eigenvalue weighted by Gasteiger charge is 2.15. The lowest BCUT2D eigenvalue weighted by molar-refractivity contribution is -0.383. The second kappa shape index (κ2) is 5.66. The first kappa shape index (κ1) is 13.9. The quantitative estimate of drug-likeness (QED) is 0.507. The van der Waals surface area contributed by atoms with Gasteiger partial charge in [0.25, 0.3) is 11.6 Å². The van der Waals surface area contributed by atoms with Gasteiger partial charge >= 0.3 is 0 Å². The Balaban J connectivity index is 2.09. The molecule has 0 aliphatic heterocycles. The van der Waals surface area contributed by atoms with Gasteiger partial charge < -0.3 is 11.1 Å². The second-order valence-corrected chi connectivity index (χ2v) is 5.04. The van der Waals surface area contributed by atoms with E-state index in [-0.39, 0.29) is 23.5 Å². The smallest absolute Gasteiger partial charge is 0.292 e. The molecule has 0 unspecified atom stereocenters. The number of hydrogen-bond acceptors (Lipinski definition) is 6. The van der Waals surface area contributed by atoms with Crippen LogP contribution in [0.3, 0.4) is 0 Å². The van der Waals surface area contributed by atoms with Crippen molar-refractivity contribution in [3.05, 3.63) is 50.0 Å². The molecule has 104 valence electrons. The molecule has 0 bridgehead atoms. The van der Waals surface area contributed by atoms with Gasteiger partial charge in [-0.1, -0.05) is 0 Å². The van der Waals surface area contributed by atoms with Crippen molar-refractivity contribution >= 4 is 28.6 Å². The van der Waals surface area contributed by atoms with E-state index in [4.69, 9.17) is 5.73 Å². The van der Waals surface area contributed by atoms with Crippen LogP contribution in [0.2, 0.25) is 0 Å². The highest BCUT2D eigenvalue weighted by Crippen LogP contribution is 2.22. The Hall–Kier alpha value is -2.48. The molecule has 0 saturated carbocycles. The summed E-state index contributed by atoms with van der Waals surface area (Å²) in [5.74, 6) is -0.402. The fourth-order valence-electron chi connectivity index (χ4n) is 1.58. The number of carbonyl (C=O) groups is 1. The Morgan fingerprint density at radius 2 is 2.30 bits per heavy atom. The van der Waals surface area contributed by atoms with E-state index in [0.29, 0.717) is 0 Å². The topological polar surface area (TPSA) is 111 Å². The van der Waals surface area contributed by atoms with Crippen molar-refractivity contribution in [2.24, 2.45) is 0 Å². The minimum atomic E-state index is -0.615. The van der Waals surface area contributed by atoms with Crippen molar-refractivity contribution in [1.82, 2.24) is 10.3 Å². The van der Waals surface area contributed by atoms with Crippen molar-refractivity contribution < 1.29 is 9.72 Å². The zero-order valence-corrected chi connectivity index (χ0v) is 11.4. The summed E-state index contributed by atoms with van der Waals surface area (Å²) in [5, 5.41) is 16.1. The summed E-state index contributed by atoms with van der Waals surface area (Å²) >= 11 is 1.44. The Morgan fingerprint density at radius 1 is 1.55 bits per heavy atom. The Bertz CT molecular complexity index is 668. The number of nitrogens with two attached hydrogens (primary N) is 1. The van der Waals surface area contributed by atoms with Crippen LogP contribution in [-0.4, -0.2) is 15.8 Å². The third-order valence-electron chi connectivity index (χ3n) is 2.56. The monoisotopic (exact) mass is 292 g/mol. The van der Waals surface area contributed by atoms with Gasteiger partial charge in [0.05, 0.1) is 11.5 Å². The highest BCUT2D eigenvalue weighted by molar-refractivity contribution is 7.09. The molecular weight excluding hydrogens is 280 g/mol. The SMILES string of the molecule is Cc1csc(CNC(=O)c2ccc(N)c([N+](=O)[O-])c2)n1. The minimum absolute atomic E-state index is 0.0297. The molecule has 0 saturated heterocycles. The van der Waals surface area contributed by atoms with Crippen LogP contribution in [-0.2, 0) is 6.54 Å². The van der Waals surface area contributed by atoms with Gasteiger partial charge in [-0.2, -0.15) is 0 Å².